The van der Waals surface area contributed by atoms with Gasteiger partial charge in [-0.3, -0.25) is 4.79 Å². The number of piperidine rings is 2. The molecule has 7 nitrogen and oxygen atoms in total. The number of aromatic nitrogens is 1. The largest absolute Gasteiger partial charge is 0.345 e. The summed E-state index contributed by atoms with van der Waals surface area (Å²) in [5, 5.41) is 0. The van der Waals surface area contributed by atoms with E-state index in [0.29, 0.717) is 37.8 Å². The number of aryl methyl sites for hydroxylation is 1. The lowest BCUT2D eigenvalue weighted by molar-refractivity contribution is 0.0651. The molecule has 1 aromatic rings. The Labute approximate surface area is 156 Å². The molecule has 0 radical (unpaired) electrons. The Hall–Kier alpha value is -1.38. The van der Waals surface area contributed by atoms with Gasteiger partial charge in [-0.15, -0.1) is 0 Å². The van der Waals surface area contributed by atoms with Crippen molar-refractivity contribution in [2.24, 2.45) is 18.7 Å². The summed E-state index contributed by atoms with van der Waals surface area (Å²) in [6.07, 6.45) is 6.38. The average molecular weight is 383 g/mol. The molecule has 1 aromatic heterocycles. The van der Waals surface area contributed by atoms with Crippen molar-refractivity contribution < 1.29 is 13.2 Å². The molecule has 2 fully saturated rings. The number of likely N-dealkylation sites (tertiary alicyclic amines) is 1. The van der Waals surface area contributed by atoms with Crippen LogP contribution in [0.25, 0.3) is 0 Å². The molecular formula is C18H30N4O3S. The lowest BCUT2D eigenvalue weighted by Gasteiger charge is -2.34. The van der Waals surface area contributed by atoms with E-state index in [4.69, 9.17) is 5.73 Å². The Kier molecular flexibility index (Phi) is 5.74. The molecule has 26 heavy (non-hydrogen) atoms. The van der Waals surface area contributed by atoms with Gasteiger partial charge in [0, 0.05) is 45.5 Å². The number of nitrogens with two attached hydrogens (primary N) is 1. The van der Waals surface area contributed by atoms with Crippen molar-refractivity contribution in [1.82, 2.24) is 13.8 Å². The van der Waals surface area contributed by atoms with Crippen LogP contribution < -0.4 is 5.73 Å². The van der Waals surface area contributed by atoms with Crippen LogP contribution in [0, 0.1) is 5.92 Å². The van der Waals surface area contributed by atoms with Crippen molar-refractivity contribution >= 4 is 15.9 Å². The van der Waals surface area contributed by atoms with Gasteiger partial charge in [0.05, 0.1) is 0 Å². The molecule has 0 aliphatic carbocycles. The molecule has 2 unspecified atom stereocenters. The normalized spacial score (nSPS) is 23.8. The molecule has 2 aliphatic heterocycles. The molecule has 0 saturated carbocycles. The first-order chi connectivity index (χ1) is 12.3. The molecule has 3 heterocycles. The molecule has 2 atom stereocenters. The molecule has 2 saturated heterocycles. The van der Waals surface area contributed by atoms with Crippen molar-refractivity contribution in [2.75, 3.05) is 26.2 Å². The first-order valence-corrected chi connectivity index (χ1v) is 11.0. The quantitative estimate of drug-likeness (QED) is 0.852. The maximum Gasteiger partial charge on any atom is 0.270 e. The summed E-state index contributed by atoms with van der Waals surface area (Å²) in [5.41, 5.74) is 6.44. The summed E-state index contributed by atoms with van der Waals surface area (Å²) in [7, 11) is -1.80. The molecule has 2 aliphatic rings. The highest BCUT2D eigenvalue weighted by Gasteiger charge is 2.31. The highest BCUT2D eigenvalue weighted by molar-refractivity contribution is 7.89. The molecule has 1 amide bonds. The first kappa shape index (κ1) is 19.4. The zero-order valence-corrected chi connectivity index (χ0v) is 16.5. The second-order valence-corrected chi connectivity index (χ2v) is 9.59. The lowest BCUT2D eigenvalue weighted by Crippen LogP contribution is -2.45. The highest BCUT2D eigenvalue weighted by atomic mass is 32.2. The third kappa shape index (κ3) is 3.82. The van der Waals surface area contributed by atoms with E-state index in [-0.39, 0.29) is 16.8 Å². The van der Waals surface area contributed by atoms with Crippen LogP contribution in [-0.4, -0.2) is 60.3 Å². The Bertz CT molecular complexity index is 750. The van der Waals surface area contributed by atoms with Gasteiger partial charge in [-0.05, 0) is 44.6 Å². The third-order valence-electron chi connectivity index (χ3n) is 5.64. The highest BCUT2D eigenvalue weighted by Crippen LogP contribution is 2.25. The molecule has 0 bridgehead atoms. The van der Waals surface area contributed by atoms with Gasteiger partial charge in [-0.1, -0.05) is 6.42 Å². The second-order valence-electron chi connectivity index (χ2n) is 7.65. The summed E-state index contributed by atoms with van der Waals surface area (Å²) in [4.78, 5) is 15.0. The molecule has 2 N–H and O–H groups in total. The van der Waals surface area contributed by atoms with Gasteiger partial charge in [0.25, 0.3) is 5.91 Å². The van der Waals surface area contributed by atoms with Gasteiger partial charge in [0.15, 0.2) is 0 Å². The number of hydrogen-bond donors (Lipinski definition) is 1. The van der Waals surface area contributed by atoms with Crippen LogP contribution >= 0.6 is 0 Å². The molecular weight excluding hydrogens is 352 g/mol. The monoisotopic (exact) mass is 382 g/mol. The van der Waals surface area contributed by atoms with Crippen molar-refractivity contribution in [1.29, 1.82) is 0 Å². The lowest BCUT2D eigenvalue weighted by atomic mass is 9.92. The summed E-state index contributed by atoms with van der Waals surface area (Å²) in [6.45, 7) is 4.42. The summed E-state index contributed by atoms with van der Waals surface area (Å²) in [6, 6.07) is 1.58. The van der Waals surface area contributed by atoms with E-state index in [2.05, 4.69) is 0 Å². The second kappa shape index (κ2) is 7.70. The summed E-state index contributed by atoms with van der Waals surface area (Å²) < 4.78 is 28.9. The Morgan fingerprint density at radius 2 is 1.88 bits per heavy atom. The van der Waals surface area contributed by atoms with Crippen LogP contribution in [-0.2, 0) is 17.1 Å². The van der Waals surface area contributed by atoms with Gasteiger partial charge in [0.2, 0.25) is 10.0 Å². The van der Waals surface area contributed by atoms with Crippen LogP contribution in [0.4, 0.5) is 0 Å². The minimum absolute atomic E-state index is 0.0500. The Morgan fingerprint density at radius 1 is 1.19 bits per heavy atom. The minimum atomic E-state index is -3.53. The number of nitrogens with zero attached hydrogens (tertiary/aromatic N) is 3. The van der Waals surface area contributed by atoms with Gasteiger partial charge in [0.1, 0.15) is 10.6 Å². The number of sulfonamides is 1. The smallest absolute Gasteiger partial charge is 0.270 e. The van der Waals surface area contributed by atoms with Gasteiger partial charge in [-0.25, -0.2) is 8.42 Å². The van der Waals surface area contributed by atoms with Crippen LogP contribution in [0.15, 0.2) is 17.2 Å². The zero-order chi connectivity index (χ0) is 18.9. The maximum atomic E-state index is 13.0. The van der Waals surface area contributed by atoms with E-state index in [9.17, 15) is 13.2 Å². The van der Waals surface area contributed by atoms with E-state index in [0.717, 1.165) is 32.1 Å². The maximum absolute atomic E-state index is 13.0. The van der Waals surface area contributed by atoms with Crippen LogP contribution in [0.3, 0.4) is 0 Å². The molecule has 0 aromatic carbocycles. The third-order valence-corrected chi connectivity index (χ3v) is 7.50. The van der Waals surface area contributed by atoms with E-state index in [1.807, 2.05) is 11.8 Å². The Balaban J connectivity index is 1.80. The summed E-state index contributed by atoms with van der Waals surface area (Å²) >= 11 is 0. The molecule has 146 valence electrons. The number of amides is 1. The molecule has 0 spiro atoms. The zero-order valence-electron chi connectivity index (χ0n) is 15.7. The SMILES string of the molecule is CC(N)C1CCCN(C(=O)c2cc(S(=O)(=O)N3CCCCC3)cn2C)C1. The first-order valence-electron chi connectivity index (χ1n) is 9.52. The van der Waals surface area contributed by atoms with Crippen molar-refractivity contribution in [3.63, 3.8) is 0 Å². The number of rotatable bonds is 4. The standard InChI is InChI=1S/C18H30N4O3S/c1-14(19)15-7-6-8-21(12-15)18(23)17-11-16(13-20(17)2)26(24,25)22-9-4-3-5-10-22/h11,13-15H,3-10,12,19H2,1-2H3. The number of carbonyl (C=O) groups excluding carboxylic acids is 1. The van der Waals surface area contributed by atoms with E-state index >= 15 is 0 Å². The Morgan fingerprint density at radius 3 is 2.54 bits per heavy atom. The van der Waals surface area contributed by atoms with Gasteiger partial charge < -0.3 is 15.2 Å². The van der Waals surface area contributed by atoms with E-state index in [1.165, 1.54) is 10.4 Å². The minimum Gasteiger partial charge on any atom is -0.345 e. The fourth-order valence-corrected chi connectivity index (χ4v) is 5.52. The summed E-state index contributed by atoms with van der Waals surface area (Å²) in [5.74, 6) is 0.183. The van der Waals surface area contributed by atoms with E-state index < -0.39 is 10.0 Å². The molecule has 3 rings (SSSR count). The number of hydrogen-bond acceptors (Lipinski definition) is 4. The predicted octanol–water partition coefficient (Wildman–Crippen LogP) is 1.40. The van der Waals surface area contributed by atoms with Crippen molar-refractivity contribution in [3.8, 4) is 0 Å². The van der Waals surface area contributed by atoms with Gasteiger partial charge in [-0.2, -0.15) is 4.31 Å². The fourth-order valence-electron chi connectivity index (χ4n) is 3.93. The van der Waals surface area contributed by atoms with Crippen molar-refractivity contribution in [2.45, 2.75) is 50.0 Å². The molecule has 8 heteroatoms. The van der Waals surface area contributed by atoms with Crippen molar-refractivity contribution in [3.05, 3.63) is 18.0 Å². The topological polar surface area (TPSA) is 88.6 Å². The average Bonchev–Trinajstić information content (AvgIpc) is 3.04. The van der Waals surface area contributed by atoms with Crippen LogP contribution in [0.2, 0.25) is 0 Å². The van der Waals surface area contributed by atoms with E-state index in [1.54, 1.807) is 17.8 Å². The van der Waals surface area contributed by atoms with Crippen LogP contribution in [0.5, 0.6) is 0 Å². The van der Waals surface area contributed by atoms with Crippen LogP contribution in [0.1, 0.15) is 49.5 Å². The predicted molar refractivity (Wildman–Crippen MR) is 100 cm³/mol. The fraction of sp³-hybridized carbons (Fsp3) is 0.722. The van der Waals surface area contributed by atoms with Gasteiger partial charge >= 0.3 is 0 Å². The number of carbonyl (C=O) groups is 1.